The monoisotopic (exact) mass is 515 g/mol. The van der Waals surface area contributed by atoms with Crippen LogP contribution in [0.2, 0.25) is 0 Å². The van der Waals surface area contributed by atoms with Gasteiger partial charge in [-0.2, -0.15) is 0 Å². The Hall–Kier alpha value is -3.49. The Labute approximate surface area is 212 Å². The lowest BCUT2D eigenvalue weighted by atomic mass is 9.80. The number of carbonyl (C=O) groups is 2. The second-order valence-corrected chi connectivity index (χ2v) is 10.1. The van der Waals surface area contributed by atoms with Crippen LogP contribution in [0, 0.1) is 5.92 Å². The average molecular weight is 516 g/mol. The SMILES string of the molecule is CC1(C)OC(=O)C(C(c2cccc(OC(F)(F)F)c2)c2cn(C3CCCCC3)c3ccccc23)C(=O)O1. The van der Waals surface area contributed by atoms with Crippen molar-refractivity contribution in [1.82, 2.24) is 4.57 Å². The minimum Gasteiger partial charge on any atom is -0.422 e. The molecule has 1 saturated carbocycles. The maximum absolute atomic E-state index is 13.2. The Morgan fingerprint density at radius 3 is 2.32 bits per heavy atom. The number of hydrogen-bond donors (Lipinski definition) is 0. The summed E-state index contributed by atoms with van der Waals surface area (Å²) in [6.45, 7) is 2.92. The van der Waals surface area contributed by atoms with E-state index < -0.39 is 41.7 Å². The van der Waals surface area contributed by atoms with E-state index in [0.717, 1.165) is 36.6 Å². The van der Waals surface area contributed by atoms with Crippen LogP contribution >= 0.6 is 0 Å². The standard InChI is InChI=1S/C28H28F3NO5/c1-27(2)36-25(33)24(26(34)37-27)23(17-9-8-12-19(15-17)35-28(29,30)31)21-16-32(18-10-4-3-5-11-18)22-14-7-6-13-20(21)22/h6-9,12-16,18,23-24H,3-5,10-11H2,1-2H3. The molecule has 1 saturated heterocycles. The molecule has 5 rings (SSSR count). The topological polar surface area (TPSA) is 66.8 Å². The molecular weight excluding hydrogens is 487 g/mol. The van der Waals surface area contributed by atoms with Crippen LogP contribution in [0.4, 0.5) is 13.2 Å². The zero-order valence-electron chi connectivity index (χ0n) is 20.6. The van der Waals surface area contributed by atoms with Crippen LogP contribution < -0.4 is 4.74 Å². The van der Waals surface area contributed by atoms with Gasteiger partial charge in [-0.05, 0) is 42.2 Å². The molecule has 1 atom stereocenters. The Balaban J connectivity index is 1.68. The summed E-state index contributed by atoms with van der Waals surface area (Å²) in [5.74, 6) is -5.82. The minimum absolute atomic E-state index is 0.247. The number of nitrogens with zero attached hydrogens (tertiary/aromatic N) is 1. The molecule has 0 spiro atoms. The summed E-state index contributed by atoms with van der Waals surface area (Å²) in [5.41, 5.74) is 1.89. The number of esters is 2. The fourth-order valence-corrected chi connectivity index (χ4v) is 5.60. The molecule has 37 heavy (non-hydrogen) atoms. The van der Waals surface area contributed by atoms with Crippen LogP contribution in [0.3, 0.4) is 0 Å². The van der Waals surface area contributed by atoms with Gasteiger partial charge in [-0.25, -0.2) is 0 Å². The van der Waals surface area contributed by atoms with Crippen molar-refractivity contribution in [3.8, 4) is 5.75 Å². The van der Waals surface area contributed by atoms with Crippen LogP contribution in [0.15, 0.2) is 54.7 Å². The maximum atomic E-state index is 13.2. The van der Waals surface area contributed by atoms with E-state index in [1.807, 2.05) is 30.5 Å². The lowest BCUT2D eigenvalue weighted by Crippen LogP contribution is -2.48. The van der Waals surface area contributed by atoms with Crippen molar-refractivity contribution >= 4 is 22.8 Å². The summed E-state index contributed by atoms with van der Waals surface area (Å²) >= 11 is 0. The maximum Gasteiger partial charge on any atom is 0.573 e. The van der Waals surface area contributed by atoms with Crippen LogP contribution in [-0.2, 0) is 19.1 Å². The van der Waals surface area contributed by atoms with Crippen LogP contribution in [-0.4, -0.2) is 28.7 Å². The van der Waals surface area contributed by atoms with Gasteiger partial charge in [0, 0.05) is 42.9 Å². The summed E-state index contributed by atoms with van der Waals surface area (Å²) in [6, 6.07) is 13.3. The molecule has 1 aliphatic heterocycles. The highest BCUT2D eigenvalue weighted by Crippen LogP contribution is 2.44. The number of hydrogen-bond acceptors (Lipinski definition) is 5. The molecular formula is C28H28F3NO5. The van der Waals surface area contributed by atoms with Gasteiger partial charge < -0.3 is 18.8 Å². The zero-order valence-corrected chi connectivity index (χ0v) is 20.6. The van der Waals surface area contributed by atoms with Crippen LogP contribution in [0.1, 0.15) is 69.0 Å². The van der Waals surface area contributed by atoms with E-state index in [2.05, 4.69) is 9.30 Å². The van der Waals surface area contributed by atoms with E-state index in [0.29, 0.717) is 11.1 Å². The number of benzene rings is 2. The molecule has 9 heteroatoms. The number of halogens is 3. The van der Waals surface area contributed by atoms with Crippen molar-refractivity contribution in [3.05, 3.63) is 65.9 Å². The molecule has 0 radical (unpaired) electrons. The van der Waals surface area contributed by atoms with Gasteiger partial charge in [0.1, 0.15) is 5.75 Å². The van der Waals surface area contributed by atoms with Gasteiger partial charge in [-0.1, -0.05) is 49.6 Å². The second-order valence-electron chi connectivity index (χ2n) is 10.1. The first-order valence-electron chi connectivity index (χ1n) is 12.4. The fraction of sp³-hybridized carbons (Fsp3) is 0.429. The molecule has 1 aromatic heterocycles. The number of ether oxygens (including phenoxy) is 3. The summed E-state index contributed by atoms with van der Waals surface area (Å²) in [7, 11) is 0. The van der Waals surface area contributed by atoms with Crippen molar-refractivity contribution in [2.24, 2.45) is 5.92 Å². The molecule has 2 heterocycles. The molecule has 2 aromatic carbocycles. The molecule has 0 amide bonds. The van der Waals surface area contributed by atoms with Crippen molar-refractivity contribution in [2.75, 3.05) is 0 Å². The minimum atomic E-state index is -4.89. The quantitative estimate of drug-likeness (QED) is 0.282. The lowest BCUT2D eigenvalue weighted by Gasteiger charge is -2.36. The Kier molecular flexibility index (Phi) is 6.41. The Bertz CT molecular complexity index is 1300. The molecule has 2 fully saturated rings. The predicted octanol–water partition coefficient (Wildman–Crippen LogP) is 6.63. The number of alkyl halides is 3. The number of carbonyl (C=O) groups excluding carboxylic acids is 2. The fourth-order valence-electron chi connectivity index (χ4n) is 5.60. The van der Waals surface area contributed by atoms with Crippen molar-refractivity contribution < 1.29 is 37.0 Å². The van der Waals surface area contributed by atoms with Gasteiger partial charge in [-0.15, -0.1) is 13.2 Å². The van der Waals surface area contributed by atoms with E-state index in [-0.39, 0.29) is 6.04 Å². The van der Waals surface area contributed by atoms with Gasteiger partial charge in [0.2, 0.25) is 0 Å². The third kappa shape index (κ3) is 5.17. The summed E-state index contributed by atoms with van der Waals surface area (Å²) in [5, 5.41) is 0.811. The summed E-state index contributed by atoms with van der Waals surface area (Å²) in [4.78, 5) is 26.5. The van der Waals surface area contributed by atoms with Gasteiger partial charge >= 0.3 is 18.3 Å². The molecule has 1 unspecified atom stereocenters. The highest BCUT2D eigenvalue weighted by atomic mass is 19.4. The first-order valence-corrected chi connectivity index (χ1v) is 12.4. The number of aromatic nitrogens is 1. The van der Waals surface area contributed by atoms with Gasteiger partial charge in [0.25, 0.3) is 5.79 Å². The number of fused-ring (bicyclic) bond motifs is 1. The smallest absolute Gasteiger partial charge is 0.422 e. The third-order valence-corrected chi connectivity index (χ3v) is 7.06. The molecule has 3 aromatic rings. The van der Waals surface area contributed by atoms with Gasteiger partial charge in [0.15, 0.2) is 5.92 Å². The average Bonchev–Trinajstić information content (AvgIpc) is 3.20. The summed E-state index contributed by atoms with van der Waals surface area (Å²) < 4.78 is 56.2. The lowest BCUT2D eigenvalue weighted by molar-refractivity contribution is -0.274. The van der Waals surface area contributed by atoms with Crippen molar-refractivity contribution in [3.63, 3.8) is 0 Å². The highest BCUT2D eigenvalue weighted by molar-refractivity contribution is 5.99. The van der Waals surface area contributed by atoms with Gasteiger partial charge in [-0.3, -0.25) is 9.59 Å². The Morgan fingerprint density at radius 2 is 1.65 bits per heavy atom. The molecule has 6 nitrogen and oxygen atoms in total. The van der Waals surface area contributed by atoms with Crippen molar-refractivity contribution in [1.29, 1.82) is 0 Å². The van der Waals surface area contributed by atoms with E-state index in [4.69, 9.17) is 9.47 Å². The van der Waals surface area contributed by atoms with Crippen molar-refractivity contribution in [2.45, 2.75) is 70.1 Å². The molecule has 196 valence electrons. The van der Waals surface area contributed by atoms with E-state index in [9.17, 15) is 22.8 Å². The van der Waals surface area contributed by atoms with E-state index >= 15 is 0 Å². The number of cyclic esters (lactones) is 2. The highest BCUT2D eigenvalue weighted by Gasteiger charge is 2.49. The molecule has 2 aliphatic rings. The first-order chi connectivity index (χ1) is 17.5. The van der Waals surface area contributed by atoms with E-state index in [1.165, 1.54) is 38.5 Å². The Morgan fingerprint density at radius 1 is 0.973 bits per heavy atom. The third-order valence-electron chi connectivity index (χ3n) is 7.06. The summed E-state index contributed by atoms with van der Waals surface area (Å²) in [6.07, 6.45) is 2.42. The zero-order chi connectivity index (χ0) is 26.4. The normalized spacial score (nSPS) is 19.9. The second kappa shape index (κ2) is 9.43. The molecule has 0 bridgehead atoms. The van der Waals surface area contributed by atoms with Gasteiger partial charge in [0.05, 0.1) is 0 Å². The van der Waals surface area contributed by atoms with Crippen LogP contribution in [0.5, 0.6) is 5.75 Å². The largest absolute Gasteiger partial charge is 0.573 e. The van der Waals surface area contributed by atoms with E-state index in [1.54, 1.807) is 6.07 Å². The molecule has 0 N–H and O–H groups in total. The van der Waals surface area contributed by atoms with Crippen LogP contribution in [0.25, 0.3) is 10.9 Å². The predicted molar refractivity (Wildman–Crippen MR) is 129 cm³/mol. The first kappa shape index (κ1) is 25.2. The number of para-hydroxylation sites is 1. The molecule has 1 aliphatic carbocycles. The number of rotatable bonds is 5.